The summed E-state index contributed by atoms with van der Waals surface area (Å²) in [4.78, 5) is 10.1. The summed E-state index contributed by atoms with van der Waals surface area (Å²) in [6, 6.07) is 0. The quantitative estimate of drug-likeness (QED) is 0.147. The first-order valence-electron chi connectivity index (χ1n) is 8.63. The molecule has 0 aliphatic heterocycles. The van der Waals surface area contributed by atoms with Gasteiger partial charge in [-0.25, -0.2) is 9.78 Å². The highest BCUT2D eigenvalue weighted by Crippen LogP contribution is 2.17. The average molecular weight is 312 g/mol. The van der Waals surface area contributed by atoms with E-state index in [9.17, 15) is 0 Å². The van der Waals surface area contributed by atoms with Crippen molar-refractivity contribution >= 4 is 0 Å². The maximum absolute atomic E-state index is 5.51. The first-order valence-corrected chi connectivity index (χ1v) is 8.63. The number of unbranched alkanes of at least 4 members (excludes halogenated alkanes) is 2. The van der Waals surface area contributed by atoms with E-state index in [4.69, 9.17) is 19.2 Å². The third kappa shape index (κ3) is 11.9. The molecule has 22 heavy (non-hydrogen) atoms. The first kappa shape index (κ1) is 19.4. The Morgan fingerprint density at radius 3 is 2.50 bits per heavy atom. The molecule has 0 saturated heterocycles. The Kier molecular flexibility index (Phi) is 13.4. The second-order valence-electron chi connectivity index (χ2n) is 5.61. The molecule has 4 nitrogen and oxygen atoms in total. The zero-order valence-electron chi connectivity index (χ0n) is 14.0. The first-order chi connectivity index (χ1) is 10.9. The maximum atomic E-state index is 5.51. The highest BCUT2D eigenvalue weighted by molar-refractivity contribution is 4.93. The van der Waals surface area contributed by atoms with E-state index in [-0.39, 0.29) is 0 Å². The van der Waals surface area contributed by atoms with Gasteiger partial charge in [0.1, 0.15) is 6.79 Å². The van der Waals surface area contributed by atoms with Crippen LogP contribution in [0.4, 0.5) is 0 Å². The summed E-state index contributed by atoms with van der Waals surface area (Å²) >= 11 is 0. The summed E-state index contributed by atoms with van der Waals surface area (Å²) in [6.07, 6.45) is 16.2. The van der Waals surface area contributed by atoms with E-state index >= 15 is 0 Å². The summed E-state index contributed by atoms with van der Waals surface area (Å²) in [5.41, 5.74) is 0. The molecule has 0 heterocycles. The van der Waals surface area contributed by atoms with Crippen LogP contribution in [-0.4, -0.2) is 33.2 Å². The highest BCUT2D eigenvalue weighted by Gasteiger charge is 2.09. The van der Waals surface area contributed by atoms with Gasteiger partial charge in [0.25, 0.3) is 0 Å². The topological polar surface area (TPSA) is 36.9 Å². The zero-order valence-corrected chi connectivity index (χ0v) is 14.0. The molecule has 0 amide bonds. The van der Waals surface area contributed by atoms with E-state index in [0.717, 1.165) is 58.2 Å². The van der Waals surface area contributed by atoms with Crippen LogP contribution in [0, 0.1) is 5.92 Å². The van der Waals surface area contributed by atoms with Crippen LogP contribution in [-0.2, 0) is 19.2 Å². The summed E-state index contributed by atoms with van der Waals surface area (Å²) in [5, 5.41) is 0. The van der Waals surface area contributed by atoms with Gasteiger partial charge in [0.05, 0.1) is 19.8 Å². The molecule has 0 saturated carbocycles. The molecule has 1 aliphatic rings. The molecule has 0 fully saturated rings. The molecule has 0 aromatic carbocycles. The van der Waals surface area contributed by atoms with Crippen LogP contribution in [0.15, 0.2) is 24.3 Å². The van der Waals surface area contributed by atoms with Crippen molar-refractivity contribution < 1.29 is 19.2 Å². The normalized spacial score (nSPS) is 15.3. The molecular formula is C18H32O4. The SMILES string of the molecule is CCCCOOCCC=CCCCOCOCC1CC=CC1. The van der Waals surface area contributed by atoms with Gasteiger partial charge in [0.2, 0.25) is 0 Å². The van der Waals surface area contributed by atoms with Crippen LogP contribution in [0.5, 0.6) is 0 Å². The minimum absolute atomic E-state index is 0.420. The predicted molar refractivity (Wildman–Crippen MR) is 88.4 cm³/mol. The molecule has 0 radical (unpaired) electrons. The smallest absolute Gasteiger partial charge is 0.146 e. The fraction of sp³-hybridized carbons (Fsp3) is 0.778. The van der Waals surface area contributed by atoms with Crippen molar-refractivity contribution in [1.29, 1.82) is 0 Å². The maximum Gasteiger partial charge on any atom is 0.146 e. The third-order valence-electron chi connectivity index (χ3n) is 3.48. The Balaban J connectivity index is 1.71. The van der Waals surface area contributed by atoms with Gasteiger partial charge in [-0.2, -0.15) is 0 Å². The van der Waals surface area contributed by atoms with E-state index in [1.165, 1.54) is 0 Å². The van der Waals surface area contributed by atoms with Crippen molar-refractivity contribution in [2.45, 2.75) is 51.9 Å². The summed E-state index contributed by atoms with van der Waals surface area (Å²) in [6.45, 7) is 5.44. The van der Waals surface area contributed by atoms with Crippen LogP contribution >= 0.6 is 0 Å². The number of ether oxygens (including phenoxy) is 2. The van der Waals surface area contributed by atoms with Crippen LogP contribution in [0.2, 0.25) is 0 Å². The molecule has 1 rings (SSSR count). The summed E-state index contributed by atoms with van der Waals surface area (Å²) in [5.74, 6) is 0.666. The van der Waals surface area contributed by atoms with Crippen LogP contribution in [0.25, 0.3) is 0 Å². The van der Waals surface area contributed by atoms with Crippen molar-refractivity contribution in [3.05, 3.63) is 24.3 Å². The Labute approximate surface area is 135 Å². The van der Waals surface area contributed by atoms with Crippen LogP contribution in [0.1, 0.15) is 51.9 Å². The molecule has 0 atom stereocenters. The van der Waals surface area contributed by atoms with Gasteiger partial charge in [-0.1, -0.05) is 37.6 Å². The second kappa shape index (κ2) is 15.2. The largest absolute Gasteiger partial charge is 0.355 e. The van der Waals surface area contributed by atoms with Crippen molar-refractivity contribution in [3.63, 3.8) is 0 Å². The lowest BCUT2D eigenvalue weighted by Crippen LogP contribution is -2.09. The lowest BCUT2D eigenvalue weighted by molar-refractivity contribution is -0.293. The number of allylic oxidation sites excluding steroid dienone is 3. The number of hydrogen-bond donors (Lipinski definition) is 0. The molecule has 128 valence electrons. The Bertz CT molecular complexity index is 281. The standard InChI is InChI=1S/C18H32O4/c1-2-3-14-21-22-15-10-6-4-5-9-13-19-17-20-16-18-11-7-8-12-18/h4,6-8,18H,2-3,5,9-17H2,1H3. The number of rotatable bonds is 15. The average Bonchev–Trinajstić information content (AvgIpc) is 3.04. The van der Waals surface area contributed by atoms with Crippen LogP contribution in [0.3, 0.4) is 0 Å². The fourth-order valence-corrected chi connectivity index (χ4v) is 2.12. The minimum atomic E-state index is 0.420. The molecule has 0 aromatic heterocycles. The molecule has 0 bridgehead atoms. The van der Waals surface area contributed by atoms with Crippen molar-refractivity contribution in [3.8, 4) is 0 Å². The molecule has 0 unspecified atom stereocenters. The van der Waals surface area contributed by atoms with E-state index < -0.39 is 0 Å². The molecule has 0 aromatic rings. The Morgan fingerprint density at radius 1 is 0.909 bits per heavy atom. The van der Waals surface area contributed by atoms with E-state index in [2.05, 4.69) is 31.2 Å². The summed E-state index contributed by atoms with van der Waals surface area (Å²) in [7, 11) is 0. The van der Waals surface area contributed by atoms with Gasteiger partial charge in [-0.05, 0) is 44.4 Å². The van der Waals surface area contributed by atoms with Crippen molar-refractivity contribution in [1.82, 2.24) is 0 Å². The molecular weight excluding hydrogens is 280 g/mol. The molecule has 4 heteroatoms. The zero-order chi connectivity index (χ0) is 15.7. The lowest BCUT2D eigenvalue weighted by atomic mass is 10.1. The molecule has 0 N–H and O–H groups in total. The van der Waals surface area contributed by atoms with Gasteiger partial charge < -0.3 is 9.47 Å². The van der Waals surface area contributed by atoms with Gasteiger partial charge in [0.15, 0.2) is 0 Å². The van der Waals surface area contributed by atoms with E-state index in [1.807, 2.05) is 0 Å². The second-order valence-corrected chi connectivity index (χ2v) is 5.61. The van der Waals surface area contributed by atoms with E-state index in [1.54, 1.807) is 0 Å². The Hall–Kier alpha value is -0.680. The monoisotopic (exact) mass is 312 g/mol. The summed E-state index contributed by atoms with van der Waals surface area (Å²) < 4.78 is 11.0. The highest BCUT2D eigenvalue weighted by atomic mass is 17.2. The van der Waals surface area contributed by atoms with Gasteiger partial charge in [-0.15, -0.1) is 0 Å². The van der Waals surface area contributed by atoms with Crippen molar-refractivity contribution in [2.75, 3.05) is 33.2 Å². The lowest BCUT2D eigenvalue weighted by Gasteiger charge is -2.09. The van der Waals surface area contributed by atoms with Gasteiger partial charge in [0, 0.05) is 6.61 Å². The molecule has 1 aliphatic carbocycles. The predicted octanol–water partition coefficient (Wildman–Crippen LogP) is 4.42. The van der Waals surface area contributed by atoms with Crippen LogP contribution < -0.4 is 0 Å². The Morgan fingerprint density at radius 2 is 1.68 bits per heavy atom. The third-order valence-corrected chi connectivity index (χ3v) is 3.48. The number of hydrogen-bond acceptors (Lipinski definition) is 4. The fourth-order valence-electron chi connectivity index (χ4n) is 2.12. The van der Waals surface area contributed by atoms with Gasteiger partial charge in [-0.3, -0.25) is 0 Å². The minimum Gasteiger partial charge on any atom is -0.355 e. The van der Waals surface area contributed by atoms with Crippen molar-refractivity contribution in [2.24, 2.45) is 5.92 Å². The molecule has 0 spiro atoms. The van der Waals surface area contributed by atoms with Gasteiger partial charge >= 0.3 is 0 Å². The van der Waals surface area contributed by atoms with E-state index in [0.29, 0.717) is 25.9 Å².